The molecule has 16 heavy (non-hydrogen) atoms. The van der Waals surface area contributed by atoms with Crippen molar-refractivity contribution in [2.24, 2.45) is 5.92 Å². The van der Waals surface area contributed by atoms with Crippen molar-refractivity contribution < 1.29 is 0 Å². The summed E-state index contributed by atoms with van der Waals surface area (Å²) < 4.78 is 0. The van der Waals surface area contributed by atoms with Crippen LogP contribution in [0, 0.1) is 5.92 Å². The summed E-state index contributed by atoms with van der Waals surface area (Å²) in [5.41, 5.74) is 2.45. The molecule has 0 radical (unpaired) electrons. The van der Waals surface area contributed by atoms with Crippen molar-refractivity contribution in [1.29, 1.82) is 0 Å². The molecule has 3 heteroatoms. The van der Waals surface area contributed by atoms with Crippen LogP contribution in [0.4, 0.5) is 5.69 Å². The Bertz CT molecular complexity index is 297. The third-order valence-corrected chi connectivity index (χ3v) is 2.34. The summed E-state index contributed by atoms with van der Waals surface area (Å²) in [6.45, 7) is 9.57. The third kappa shape index (κ3) is 4.62. The van der Waals surface area contributed by atoms with Crippen LogP contribution in [0.5, 0.6) is 0 Å². The normalized spacial score (nSPS) is 10.8. The molecule has 0 aromatic carbocycles. The van der Waals surface area contributed by atoms with Gasteiger partial charge in [0.15, 0.2) is 0 Å². The number of nitrogens with one attached hydrogen (secondary N) is 2. The average molecular weight is 221 g/mol. The van der Waals surface area contributed by atoms with Crippen LogP contribution >= 0.6 is 0 Å². The van der Waals surface area contributed by atoms with Crippen LogP contribution in [0.1, 0.15) is 32.8 Å². The van der Waals surface area contributed by atoms with Crippen molar-refractivity contribution in [1.82, 2.24) is 10.3 Å². The van der Waals surface area contributed by atoms with Gasteiger partial charge in [-0.05, 0) is 30.5 Å². The lowest BCUT2D eigenvalue weighted by molar-refractivity contribution is 0.552. The molecule has 0 bridgehead atoms. The minimum atomic E-state index is 0.689. The molecule has 0 atom stereocenters. The van der Waals surface area contributed by atoms with E-state index in [1.165, 1.54) is 5.56 Å². The standard InChI is InChI=1S/C13H23N3/c1-4-6-16-13-10-14-7-5-12(13)9-15-8-11(2)3/h5,7,10-11,15-16H,4,6,8-9H2,1-3H3. The molecule has 0 spiro atoms. The lowest BCUT2D eigenvalue weighted by atomic mass is 10.2. The molecule has 1 aromatic rings. The van der Waals surface area contributed by atoms with Crippen molar-refractivity contribution >= 4 is 5.69 Å². The Labute approximate surface area is 98.7 Å². The van der Waals surface area contributed by atoms with Crippen LogP contribution in [0.3, 0.4) is 0 Å². The minimum Gasteiger partial charge on any atom is -0.384 e. The van der Waals surface area contributed by atoms with E-state index in [-0.39, 0.29) is 0 Å². The second-order valence-electron chi connectivity index (χ2n) is 4.48. The number of aromatic nitrogens is 1. The first-order chi connectivity index (χ1) is 7.74. The van der Waals surface area contributed by atoms with Gasteiger partial charge < -0.3 is 10.6 Å². The maximum Gasteiger partial charge on any atom is 0.0572 e. The highest BCUT2D eigenvalue weighted by Gasteiger charge is 2.01. The third-order valence-electron chi connectivity index (χ3n) is 2.34. The number of nitrogens with zero attached hydrogens (tertiary/aromatic N) is 1. The maximum absolute atomic E-state index is 4.15. The SMILES string of the molecule is CCCNc1cnccc1CNCC(C)C. The molecular weight excluding hydrogens is 198 g/mol. The van der Waals surface area contributed by atoms with E-state index in [4.69, 9.17) is 0 Å². The van der Waals surface area contributed by atoms with Crippen LogP contribution in [0.2, 0.25) is 0 Å². The zero-order valence-electron chi connectivity index (χ0n) is 10.6. The first-order valence-electron chi connectivity index (χ1n) is 6.11. The first kappa shape index (κ1) is 13.0. The molecule has 0 aliphatic carbocycles. The molecule has 1 aromatic heterocycles. The lowest BCUT2D eigenvalue weighted by Gasteiger charge is -2.12. The van der Waals surface area contributed by atoms with E-state index in [1.54, 1.807) is 0 Å². The van der Waals surface area contributed by atoms with Crippen molar-refractivity contribution in [3.8, 4) is 0 Å². The van der Waals surface area contributed by atoms with Crippen molar-refractivity contribution in [2.45, 2.75) is 33.7 Å². The van der Waals surface area contributed by atoms with Crippen LogP contribution in [-0.4, -0.2) is 18.1 Å². The molecule has 0 fully saturated rings. The van der Waals surface area contributed by atoms with E-state index in [0.29, 0.717) is 5.92 Å². The predicted molar refractivity (Wildman–Crippen MR) is 69.6 cm³/mol. The van der Waals surface area contributed by atoms with Gasteiger partial charge in [0.25, 0.3) is 0 Å². The summed E-state index contributed by atoms with van der Waals surface area (Å²) in [5, 5.41) is 6.85. The second-order valence-corrected chi connectivity index (χ2v) is 4.48. The van der Waals surface area contributed by atoms with Crippen LogP contribution in [0.25, 0.3) is 0 Å². The van der Waals surface area contributed by atoms with E-state index in [9.17, 15) is 0 Å². The number of hydrogen-bond donors (Lipinski definition) is 2. The van der Waals surface area contributed by atoms with Crippen LogP contribution in [0.15, 0.2) is 18.5 Å². The van der Waals surface area contributed by atoms with E-state index in [2.05, 4.69) is 42.5 Å². The highest BCUT2D eigenvalue weighted by Crippen LogP contribution is 2.12. The summed E-state index contributed by atoms with van der Waals surface area (Å²) in [5.74, 6) is 0.689. The zero-order chi connectivity index (χ0) is 11.8. The van der Waals surface area contributed by atoms with Crippen molar-refractivity contribution in [2.75, 3.05) is 18.4 Å². The molecular formula is C13H23N3. The molecule has 0 unspecified atom stereocenters. The average Bonchev–Trinajstić information content (AvgIpc) is 2.27. The summed E-state index contributed by atoms with van der Waals surface area (Å²) in [7, 11) is 0. The van der Waals surface area contributed by atoms with Gasteiger partial charge in [-0.2, -0.15) is 0 Å². The number of rotatable bonds is 7. The van der Waals surface area contributed by atoms with Crippen LogP contribution in [-0.2, 0) is 6.54 Å². The molecule has 0 saturated carbocycles. The van der Waals surface area contributed by atoms with Gasteiger partial charge >= 0.3 is 0 Å². The van der Waals surface area contributed by atoms with Crippen LogP contribution < -0.4 is 10.6 Å². The Hall–Kier alpha value is -1.09. The quantitative estimate of drug-likeness (QED) is 0.743. The largest absolute Gasteiger partial charge is 0.384 e. The zero-order valence-corrected chi connectivity index (χ0v) is 10.6. The number of hydrogen-bond acceptors (Lipinski definition) is 3. The number of pyridine rings is 1. The van der Waals surface area contributed by atoms with Crippen molar-refractivity contribution in [3.05, 3.63) is 24.0 Å². The fraction of sp³-hybridized carbons (Fsp3) is 0.615. The number of anilines is 1. The molecule has 0 amide bonds. The topological polar surface area (TPSA) is 37.0 Å². The Morgan fingerprint density at radius 3 is 2.88 bits per heavy atom. The molecule has 0 saturated heterocycles. The Morgan fingerprint density at radius 1 is 1.38 bits per heavy atom. The van der Waals surface area contributed by atoms with Gasteiger partial charge in [0.2, 0.25) is 0 Å². The van der Waals surface area contributed by atoms with Gasteiger partial charge in [0.1, 0.15) is 0 Å². The summed E-state index contributed by atoms with van der Waals surface area (Å²) >= 11 is 0. The summed E-state index contributed by atoms with van der Waals surface area (Å²) in [6.07, 6.45) is 4.89. The van der Waals surface area contributed by atoms with Gasteiger partial charge in [-0.15, -0.1) is 0 Å². The highest BCUT2D eigenvalue weighted by atomic mass is 14.9. The molecule has 3 nitrogen and oxygen atoms in total. The van der Waals surface area contributed by atoms with E-state index < -0.39 is 0 Å². The molecule has 0 aliphatic rings. The Balaban J connectivity index is 2.49. The molecule has 2 N–H and O–H groups in total. The second kappa shape index (κ2) is 7.23. The fourth-order valence-corrected chi connectivity index (χ4v) is 1.49. The lowest BCUT2D eigenvalue weighted by Crippen LogP contribution is -2.20. The fourth-order valence-electron chi connectivity index (χ4n) is 1.49. The van der Waals surface area contributed by atoms with Gasteiger partial charge in [0, 0.05) is 19.3 Å². The molecule has 1 heterocycles. The molecule has 90 valence electrons. The van der Waals surface area contributed by atoms with Gasteiger partial charge in [0.05, 0.1) is 11.9 Å². The Morgan fingerprint density at radius 2 is 2.19 bits per heavy atom. The monoisotopic (exact) mass is 221 g/mol. The maximum atomic E-state index is 4.15. The smallest absolute Gasteiger partial charge is 0.0572 e. The molecule has 1 rings (SSSR count). The van der Waals surface area contributed by atoms with E-state index in [0.717, 1.165) is 31.7 Å². The minimum absolute atomic E-state index is 0.689. The first-order valence-corrected chi connectivity index (χ1v) is 6.11. The van der Waals surface area contributed by atoms with Crippen molar-refractivity contribution in [3.63, 3.8) is 0 Å². The highest BCUT2D eigenvalue weighted by molar-refractivity contribution is 5.48. The summed E-state index contributed by atoms with van der Waals surface area (Å²) in [4.78, 5) is 4.15. The van der Waals surface area contributed by atoms with Gasteiger partial charge in [-0.25, -0.2) is 0 Å². The van der Waals surface area contributed by atoms with Gasteiger partial charge in [-0.3, -0.25) is 4.98 Å². The van der Waals surface area contributed by atoms with E-state index in [1.807, 2.05) is 12.4 Å². The molecule has 0 aliphatic heterocycles. The Kier molecular flexibility index (Phi) is 5.86. The van der Waals surface area contributed by atoms with Gasteiger partial charge in [-0.1, -0.05) is 20.8 Å². The predicted octanol–water partition coefficient (Wildman–Crippen LogP) is 2.65. The van der Waals surface area contributed by atoms with E-state index >= 15 is 0 Å². The summed E-state index contributed by atoms with van der Waals surface area (Å²) in [6, 6.07) is 2.07.